The van der Waals surface area contributed by atoms with Crippen molar-refractivity contribution in [3.63, 3.8) is 0 Å². The molecule has 0 aliphatic heterocycles. The highest BCUT2D eigenvalue weighted by molar-refractivity contribution is 9.10. The van der Waals surface area contributed by atoms with Crippen LogP contribution in [0.3, 0.4) is 0 Å². The van der Waals surface area contributed by atoms with Crippen LogP contribution in [0, 0.1) is 6.92 Å². The number of halogens is 1. The van der Waals surface area contributed by atoms with Crippen LogP contribution in [-0.4, -0.2) is 32.4 Å². The number of sulfone groups is 1. The van der Waals surface area contributed by atoms with Crippen molar-refractivity contribution >= 4 is 37.4 Å². The van der Waals surface area contributed by atoms with Crippen molar-refractivity contribution in [2.75, 3.05) is 17.7 Å². The van der Waals surface area contributed by atoms with Gasteiger partial charge in [-0.05, 0) is 31.5 Å². The van der Waals surface area contributed by atoms with Gasteiger partial charge < -0.3 is 11.1 Å². The molecule has 1 unspecified atom stereocenters. The van der Waals surface area contributed by atoms with E-state index in [0.717, 1.165) is 6.26 Å². The third kappa shape index (κ3) is 4.83. The Morgan fingerprint density at radius 2 is 2.05 bits per heavy atom. The summed E-state index contributed by atoms with van der Waals surface area (Å²) < 4.78 is 23.0. The van der Waals surface area contributed by atoms with Crippen LogP contribution < -0.4 is 11.1 Å². The quantitative estimate of drug-likeness (QED) is 0.807. The zero-order chi connectivity index (χ0) is 14.8. The fraction of sp³-hybridized carbons (Fsp3) is 0.417. The Morgan fingerprint density at radius 3 is 2.58 bits per heavy atom. The molecular weight excluding hydrogens is 332 g/mol. The lowest BCUT2D eigenvalue weighted by molar-refractivity contribution is 0.0943. The first-order valence-corrected chi connectivity index (χ1v) is 8.49. The minimum atomic E-state index is -3.13. The Labute approximate surface area is 121 Å². The van der Waals surface area contributed by atoms with Crippen molar-refractivity contribution in [1.82, 2.24) is 5.32 Å². The number of amides is 1. The summed E-state index contributed by atoms with van der Waals surface area (Å²) in [5.74, 6) is -0.428. The van der Waals surface area contributed by atoms with E-state index in [1.165, 1.54) is 0 Å². The summed E-state index contributed by atoms with van der Waals surface area (Å²) in [6.07, 6.45) is 1.14. The number of rotatable bonds is 4. The Balaban J connectivity index is 2.90. The average molecular weight is 349 g/mol. The second kappa shape index (κ2) is 5.92. The zero-order valence-corrected chi connectivity index (χ0v) is 13.4. The second-order valence-electron chi connectivity index (χ2n) is 4.63. The van der Waals surface area contributed by atoms with Crippen molar-refractivity contribution in [2.45, 2.75) is 19.9 Å². The summed E-state index contributed by atoms with van der Waals surface area (Å²) in [5, 5.41) is 2.65. The van der Waals surface area contributed by atoms with Gasteiger partial charge in [0.25, 0.3) is 5.91 Å². The molecule has 1 aromatic rings. The largest absolute Gasteiger partial charge is 0.398 e. The fourth-order valence-electron chi connectivity index (χ4n) is 1.73. The van der Waals surface area contributed by atoms with Gasteiger partial charge in [0.05, 0.1) is 5.75 Å². The van der Waals surface area contributed by atoms with Gasteiger partial charge in [-0.15, -0.1) is 0 Å². The topological polar surface area (TPSA) is 89.3 Å². The van der Waals surface area contributed by atoms with Crippen LogP contribution in [0.5, 0.6) is 0 Å². The molecule has 1 amide bonds. The average Bonchev–Trinajstić information content (AvgIpc) is 2.20. The van der Waals surface area contributed by atoms with Crippen LogP contribution >= 0.6 is 15.9 Å². The van der Waals surface area contributed by atoms with Gasteiger partial charge in [-0.1, -0.05) is 15.9 Å². The smallest absolute Gasteiger partial charge is 0.251 e. The van der Waals surface area contributed by atoms with Gasteiger partial charge >= 0.3 is 0 Å². The maximum atomic E-state index is 12.1. The van der Waals surface area contributed by atoms with E-state index in [1.807, 2.05) is 0 Å². The number of nitrogens with one attached hydrogen (secondary N) is 1. The molecule has 1 atom stereocenters. The number of benzene rings is 1. The first-order chi connectivity index (χ1) is 8.60. The Kier molecular flexibility index (Phi) is 4.98. The van der Waals surface area contributed by atoms with Crippen LogP contribution in [0.2, 0.25) is 0 Å². The molecule has 0 fully saturated rings. The third-order valence-electron chi connectivity index (χ3n) is 2.59. The number of nitrogen functional groups attached to an aromatic ring is 1. The first-order valence-electron chi connectivity index (χ1n) is 5.64. The Morgan fingerprint density at radius 1 is 1.47 bits per heavy atom. The number of hydrogen-bond acceptors (Lipinski definition) is 4. The van der Waals surface area contributed by atoms with E-state index in [1.54, 1.807) is 26.0 Å². The number of carbonyl (C=O) groups is 1. The molecule has 1 aromatic carbocycles. The van der Waals surface area contributed by atoms with Crippen LogP contribution in [-0.2, 0) is 9.84 Å². The summed E-state index contributed by atoms with van der Waals surface area (Å²) in [5.41, 5.74) is 7.41. The molecule has 106 valence electrons. The molecule has 0 radical (unpaired) electrons. The third-order valence-corrected chi connectivity index (χ3v) is 4.15. The van der Waals surface area contributed by atoms with Gasteiger partial charge in [-0.3, -0.25) is 4.79 Å². The summed E-state index contributed by atoms with van der Waals surface area (Å²) >= 11 is 3.27. The van der Waals surface area contributed by atoms with E-state index in [0.29, 0.717) is 21.3 Å². The van der Waals surface area contributed by atoms with Gasteiger partial charge in [0.15, 0.2) is 0 Å². The minimum Gasteiger partial charge on any atom is -0.398 e. The summed E-state index contributed by atoms with van der Waals surface area (Å²) in [4.78, 5) is 12.1. The molecule has 0 spiro atoms. The number of hydrogen-bond donors (Lipinski definition) is 2. The molecule has 7 heteroatoms. The lowest BCUT2D eigenvalue weighted by atomic mass is 10.1. The van der Waals surface area contributed by atoms with E-state index < -0.39 is 15.9 Å². The summed E-state index contributed by atoms with van der Waals surface area (Å²) in [6, 6.07) is 2.92. The van der Waals surface area contributed by atoms with Crippen LogP contribution in [0.4, 0.5) is 5.69 Å². The summed E-state index contributed by atoms with van der Waals surface area (Å²) in [7, 11) is -3.13. The maximum Gasteiger partial charge on any atom is 0.251 e. The predicted molar refractivity (Wildman–Crippen MR) is 79.9 cm³/mol. The SMILES string of the molecule is Cc1c(N)cc(Br)cc1C(=O)NC(C)CS(C)(=O)=O. The summed E-state index contributed by atoms with van der Waals surface area (Å²) in [6.45, 7) is 3.40. The number of carbonyl (C=O) groups excluding carboxylic acids is 1. The van der Waals surface area contributed by atoms with Gasteiger partial charge in [0.2, 0.25) is 0 Å². The van der Waals surface area contributed by atoms with Crippen molar-refractivity contribution in [3.05, 3.63) is 27.7 Å². The highest BCUT2D eigenvalue weighted by Crippen LogP contribution is 2.22. The van der Waals surface area contributed by atoms with E-state index in [2.05, 4.69) is 21.2 Å². The molecule has 0 bridgehead atoms. The molecular formula is C12H17BrN2O3S. The van der Waals surface area contributed by atoms with Crippen LogP contribution in [0.1, 0.15) is 22.8 Å². The lowest BCUT2D eigenvalue weighted by Gasteiger charge is -2.15. The van der Waals surface area contributed by atoms with Crippen molar-refractivity contribution in [2.24, 2.45) is 0 Å². The molecule has 0 saturated carbocycles. The second-order valence-corrected chi connectivity index (χ2v) is 7.74. The Hall–Kier alpha value is -1.08. The minimum absolute atomic E-state index is 0.0960. The molecule has 3 N–H and O–H groups in total. The highest BCUT2D eigenvalue weighted by atomic mass is 79.9. The van der Waals surface area contributed by atoms with Gasteiger partial charge in [0, 0.05) is 28.0 Å². The van der Waals surface area contributed by atoms with E-state index in [-0.39, 0.29) is 11.7 Å². The standard InChI is InChI=1S/C12H17BrN2O3S/c1-7(6-19(3,17)18)15-12(16)10-4-9(13)5-11(14)8(10)2/h4-5,7H,6,14H2,1-3H3,(H,15,16). The molecule has 0 heterocycles. The van der Waals surface area contributed by atoms with Gasteiger partial charge in [-0.2, -0.15) is 0 Å². The van der Waals surface area contributed by atoms with Gasteiger partial charge in [0.1, 0.15) is 9.84 Å². The van der Waals surface area contributed by atoms with Crippen LogP contribution in [0.25, 0.3) is 0 Å². The molecule has 5 nitrogen and oxygen atoms in total. The Bertz CT molecular complexity index is 599. The molecule has 0 aliphatic carbocycles. The van der Waals surface area contributed by atoms with E-state index >= 15 is 0 Å². The first kappa shape index (κ1) is 16.0. The van der Waals surface area contributed by atoms with Crippen molar-refractivity contribution in [1.29, 1.82) is 0 Å². The normalized spacial score (nSPS) is 13.1. The highest BCUT2D eigenvalue weighted by Gasteiger charge is 2.17. The van der Waals surface area contributed by atoms with Crippen molar-refractivity contribution < 1.29 is 13.2 Å². The molecule has 0 saturated heterocycles. The monoisotopic (exact) mass is 348 g/mol. The number of anilines is 1. The van der Waals surface area contributed by atoms with E-state index in [4.69, 9.17) is 5.73 Å². The van der Waals surface area contributed by atoms with Crippen molar-refractivity contribution in [3.8, 4) is 0 Å². The maximum absolute atomic E-state index is 12.1. The molecule has 0 aliphatic rings. The lowest BCUT2D eigenvalue weighted by Crippen LogP contribution is -2.37. The number of nitrogens with two attached hydrogens (primary N) is 1. The fourth-order valence-corrected chi connectivity index (χ4v) is 3.20. The predicted octanol–water partition coefficient (Wildman–Crippen LogP) is 1.50. The molecule has 19 heavy (non-hydrogen) atoms. The molecule has 0 aromatic heterocycles. The van der Waals surface area contributed by atoms with Crippen LogP contribution in [0.15, 0.2) is 16.6 Å². The van der Waals surface area contributed by atoms with E-state index in [9.17, 15) is 13.2 Å². The van der Waals surface area contributed by atoms with Gasteiger partial charge in [-0.25, -0.2) is 8.42 Å². The zero-order valence-electron chi connectivity index (χ0n) is 11.0. The molecule has 1 rings (SSSR count).